The molecule has 5 heteroatoms. The van der Waals surface area contributed by atoms with Gasteiger partial charge in [-0.2, -0.15) is 5.10 Å². The Labute approximate surface area is 118 Å². The van der Waals surface area contributed by atoms with Gasteiger partial charge in [-0.3, -0.25) is 9.67 Å². The maximum absolute atomic E-state index is 6.27. The van der Waals surface area contributed by atoms with Crippen LogP contribution in [-0.4, -0.2) is 14.8 Å². The van der Waals surface area contributed by atoms with Crippen molar-refractivity contribution in [1.29, 1.82) is 0 Å². The van der Waals surface area contributed by atoms with Gasteiger partial charge in [0.15, 0.2) is 0 Å². The molecule has 0 spiro atoms. The van der Waals surface area contributed by atoms with Gasteiger partial charge >= 0.3 is 0 Å². The Morgan fingerprint density at radius 2 is 2.05 bits per heavy atom. The molecule has 4 nitrogen and oxygen atoms in total. The van der Waals surface area contributed by atoms with Crippen molar-refractivity contribution in [3.8, 4) is 0 Å². The Bertz CT molecular complexity index is 604. The number of hydrogen-bond acceptors (Lipinski definition) is 3. The molecular formula is C14H19ClN4. The van der Waals surface area contributed by atoms with E-state index in [-0.39, 0.29) is 6.04 Å². The van der Waals surface area contributed by atoms with Crippen LogP contribution in [-0.2, 0) is 13.5 Å². The maximum Gasteiger partial charge on any atom is 0.130 e. The molecule has 0 aliphatic rings. The minimum atomic E-state index is -0.166. The van der Waals surface area contributed by atoms with E-state index in [1.54, 1.807) is 4.68 Å². The van der Waals surface area contributed by atoms with Gasteiger partial charge in [0.25, 0.3) is 0 Å². The number of aryl methyl sites for hydroxylation is 4. The summed E-state index contributed by atoms with van der Waals surface area (Å²) in [6.07, 6.45) is 2.50. The maximum atomic E-state index is 6.27. The number of rotatable bonds is 3. The van der Waals surface area contributed by atoms with Crippen molar-refractivity contribution in [2.45, 2.75) is 33.2 Å². The Hall–Kier alpha value is -1.39. The Kier molecular flexibility index (Phi) is 3.92. The lowest BCUT2D eigenvalue weighted by Gasteiger charge is -2.14. The first-order valence-corrected chi connectivity index (χ1v) is 6.64. The molecule has 0 aliphatic carbocycles. The fourth-order valence-corrected chi connectivity index (χ4v) is 2.59. The summed E-state index contributed by atoms with van der Waals surface area (Å²) in [7, 11) is 1.83. The van der Waals surface area contributed by atoms with Crippen LogP contribution >= 0.6 is 11.6 Å². The minimum Gasteiger partial charge on any atom is -0.322 e. The highest BCUT2D eigenvalue weighted by Crippen LogP contribution is 2.25. The molecule has 0 aromatic carbocycles. The Balaban J connectivity index is 2.28. The van der Waals surface area contributed by atoms with E-state index in [2.05, 4.69) is 16.1 Å². The number of nitrogens with zero attached hydrogens (tertiary/aromatic N) is 3. The van der Waals surface area contributed by atoms with E-state index in [0.717, 1.165) is 28.1 Å². The predicted molar refractivity (Wildman–Crippen MR) is 77.3 cm³/mol. The van der Waals surface area contributed by atoms with Crippen LogP contribution in [0.25, 0.3) is 0 Å². The van der Waals surface area contributed by atoms with Crippen molar-refractivity contribution in [1.82, 2.24) is 14.8 Å². The van der Waals surface area contributed by atoms with Gasteiger partial charge in [-0.15, -0.1) is 0 Å². The molecule has 0 saturated heterocycles. The van der Waals surface area contributed by atoms with E-state index in [4.69, 9.17) is 17.3 Å². The van der Waals surface area contributed by atoms with Gasteiger partial charge in [0.1, 0.15) is 5.15 Å². The van der Waals surface area contributed by atoms with E-state index in [1.807, 2.05) is 34.0 Å². The van der Waals surface area contributed by atoms with Gasteiger partial charge < -0.3 is 5.73 Å². The molecule has 102 valence electrons. The van der Waals surface area contributed by atoms with Crippen LogP contribution in [0.15, 0.2) is 12.3 Å². The standard InChI is InChI=1S/C14H19ClN4/c1-8-5-9(2)13(17-7-8)12(16)6-11-10(3)18-19(4)14(11)15/h5,7,12H,6,16H2,1-4H3. The summed E-state index contributed by atoms with van der Waals surface area (Å²) in [4.78, 5) is 4.44. The topological polar surface area (TPSA) is 56.7 Å². The summed E-state index contributed by atoms with van der Waals surface area (Å²) >= 11 is 6.24. The van der Waals surface area contributed by atoms with E-state index >= 15 is 0 Å². The molecular weight excluding hydrogens is 260 g/mol. The molecule has 0 radical (unpaired) electrons. The van der Waals surface area contributed by atoms with Crippen LogP contribution in [0, 0.1) is 20.8 Å². The highest BCUT2D eigenvalue weighted by molar-refractivity contribution is 6.30. The number of nitrogens with two attached hydrogens (primary N) is 1. The third-order valence-corrected chi connectivity index (χ3v) is 3.77. The lowest BCUT2D eigenvalue weighted by atomic mass is 10.0. The number of pyridine rings is 1. The normalized spacial score (nSPS) is 12.7. The monoisotopic (exact) mass is 278 g/mol. The van der Waals surface area contributed by atoms with Crippen LogP contribution in [0.1, 0.15) is 34.1 Å². The predicted octanol–water partition coefficient (Wildman–Crippen LogP) is 2.64. The van der Waals surface area contributed by atoms with Crippen LogP contribution < -0.4 is 5.73 Å². The molecule has 2 heterocycles. The van der Waals surface area contributed by atoms with Gasteiger partial charge in [-0.1, -0.05) is 17.7 Å². The molecule has 2 rings (SSSR count). The second-order valence-electron chi connectivity index (χ2n) is 5.00. The van der Waals surface area contributed by atoms with Crippen molar-refractivity contribution >= 4 is 11.6 Å². The molecule has 2 aromatic heterocycles. The third kappa shape index (κ3) is 2.80. The second-order valence-corrected chi connectivity index (χ2v) is 5.36. The molecule has 1 unspecified atom stereocenters. The molecule has 19 heavy (non-hydrogen) atoms. The van der Waals surface area contributed by atoms with Gasteiger partial charge in [0, 0.05) is 18.8 Å². The zero-order valence-corrected chi connectivity index (χ0v) is 12.5. The number of hydrogen-bond donors (Lipinski definition) is 1. The Morgan fingerprint density at radius 1 is 1.37 bits per heavy atom. The summed E-state index contributed by atoms with van der Waals surface area (Å²) < 4.78 is 1.67. The smallest absolute Gasteiger partial charge is 0.130 e. The summed E-state index contributed by atoms with van der Waals surface area (Å²) in [6.45, 7) is 6.01. The summed E-state index contributed by atoms with van der Waals surface area (Å²) in [5.41, 5.74) is 11.4. The van der Waals surface area contributed by atoms with Crippen molar-refractivity contribution in [2.24, 2.45) is 12.8 Å². The highest BCUT2D eigenvalue weighted by atomic mass is 35.5. The fraction of sp³-hybridized carbons (Fsp3) is 0.429. The molecule has 0 saturated carbocycles. The van der Waals surface area contributed by atoms with Gasteiger partial charge in [-0.05, 0) is 38.3 Å². The van der Waals surface area contributed by atoms with Crippen LogP contribution in [0.4, 0.5) is 0 Å². The first kappa shape index (κ1) is 14.0. The molecule has 2 N–H and O–H groups in total. The van der Waals surface area contributed by atoms with Crippen LogP contribution in [0.2, 0.25) is 5.15 Å². The fourth-order valence-electron chi connectivity index (χ4n) is 2.34. The lowest BCUT2D eigenvalue weighted by Crippen LogP contribution is -2.17. The summed E-state index contributed by atoms with van der Waals surface area (Å²) in [5, 5.41) is 4.95. The lowest BCUT2D eigenvalue weighted by molar-refractivity contribution is 0.686. The average Bonchev–Trinajstić information content (AvgIpc) is 2.56. The van der Waals surface area contributed by atoms with Crippen molar-refractivity contribution in [3.63, 3.8) is 0 Å². The Morgan fingerprint density at radius 3 is 2.58 bits per heavy atom. The minimum absolute atomic E-state index is 0.166. The van der Waals surface area contributed by atoms with Crippen LogP contribution in [0.3, 0.4) is 0 Å². The second kappa shape index (κ2) is 5.31. The largest absolute Gasteiger partial charge is 0.322 e. The van der Waals surface area contributed by atoms with Gasteiger partial charge in [0.05, 0.1) is 17.4 Å². The zero-order chi connectivity index (χ0) is 14.2. The molecule has 0 fully saturated rings. The molecule has 1 atom stereocenters. The first-order chi connectivity index (χ1) is 8.90. The molecule has 2 aromatic rings. The van der Waals surface area contributed by atoms with E-state index < -0.39 is 0 Å². The SMILES string of the molecule is Cc1cnc(C(N)Cc2c(C)nn(C)c2Cl)c(C)c1. The van der Waals surface area contributed by atoms with Crippen molar-refractivity contribution in [3.05, 3.63) is 45.5 Å². The average molecular weight is 279 g/mol. The molecule has 0 aliphatic heterocycles. The number of halogens is 1. The van der Waals surface area contributed by atoms with E-state index in [9.17, 15) is 0 Å². The van der Waals surface area contributed by atoms with Crippen molar-refractivity contribution in [2.75, 3.05) is 0 Å². The van der Waals surface area contributed by atoms with E-state index in [1.165, 1.54) is 0 Å². The van der Waals surface area contributed by atoms with E-state index in [0.29, 0.717) is 11.6 Å². The number of aromatic nitrogens is 3. The highest BCUT2D eigenvalue weighted by Gasteiger charge is 2.18. The zero-order valence-electron chi connectivity index (χ0n) is 11.7. The molecule has 0 amide bonds. The summed E-state index contributed by atoms with van der Waals surface area (Å²) in [5.74, 6) is 0. The van der Waals surface area contributed by atoms with Gasteiger partial charge in [0.2, 0.25) is 0 Å². The first-order valence-electron chi connectivity index (χ1n) is 6.27. The summed E-state index contributed by atoms with van der Waals surface area (Å²) in [6, 6.07) is 1.93. The quantitative estimate of drug-likeness (QED) is 0.939. The molecule has 0 bridgehead atoms. The van der Waals surface area contributed by atoms with Crippen molar-refractivity contribution < 1.29 is 0 Å². The van der Waals surface area contributed by atoms with Gasteiger partial charge in [-0.25, -0.2) is 0 Å². The third-order valence-electron chi connectivity index (χ3n) is 3.30. The van der Waals surface area contributed by atoms with Crippen LogP contribution in [0.5, 0.6) is 0 Å².